The van der Waals surface area contributed by atoms with Crippen molar-refractivity contribution in [2.75, 3.05) is 0 Å². The Morgan fingerprint density at radius 2 is 1.93 bits per heavy atom. The second kappa shape index (κ2) is 6.98. The molecule has 1 aromatic rings. The summed E-state index contributed by atoms with van der Waals surface area (Å²) in [5.41, 5.74) is 0.483. The molecule has 10 heteroatoms. The van der Waals surface area contributed by atoms with E-state index in [4.69, 9.17) is 5.11 Å². The zero-order chi connectivity index (χ0) is 19.7. The molecule has 2 aliphatic rings. The monoisotopic (exact) mass is 373 g/mol. The van der Waals surface area contributed by atoms with E-state index in [0.29, 0.717) is 5.56 Å². The zero-order valence-corrected chi connectivity index (χ0v) is 14.0. The number of fused-ring (bicyclic) bond motifs is 1. The minimum atomic E-state index is -1.29. The maximum absolute atomic E-state index is 12.8. The fourth-order valence-corrected chi connectivity index (χ4v) is 3.13. The third-order valence-corrected chi connectivity index (χ3v) is 4.34. The van der Waals surface area contributed by atoms with E-state index in [-0.39, 0.29) is 30.5 Å². The Hall–Kier alpha value is -3.56. The van der Waals surface area contributed by atoms with Gasteiger partial charge in [-0.25, -0.2) is 0 Å². The van der Waals surface area contributed by atoms with Crippen LogP contribution >= 0.6 is 0 Å². The van der Waals surface area contributed by atoms with Crippen molar-refractivity contribution in [2.45, 2.75) is 31.8 Å². The molecule has 0 aromatic heterocycles. The van der Waals surface area contributed by atoms with Gasteiger partial charge in [-0.1, -0.05) is 12.1 Å². The number of aliphatic carboxylic acids is 1. The van der Waals surface area contributed by atoms with Crippen molar-refractivity contribution >= 4 is 35.5 Å². The maximum Gasteiger partial charge on any atom is 0.312 e. The van der Waals surface area contributed by atoms with Gasteiger partial charge in [0.25, 0.3) is 11.8 Å². The highest BCUT2D eigenvalue weighted by molar-refractivity contribution is 6.24. The van der Waals surface area contributed by atoms with Gasteiger partial charge in [0.15, 0.2) is 0 Å². The average molecular weight is 373 g/mol. The lowest BCUT2D eigenvalue weighted by atomic mass is 10.0. The number of carbonyl (C=O) groups excluding carboxylic acids is 5. The Balaban J connectivity index is 1.84. The molecule has 3 rings (SSSR count). The molecule has 1 atom stereocenters. The van der Waals surface area contributed by atoms with Crippen LogP contribution in [-0.4, -0.2) is 51.6 Å². The number of piperidine rings is 1. The minimum absolute atomic E-state index is 0.0158. The van der Waals surface area contributed by atoms with Gasteiger partial charge < -0.3 is 10.4 Å². The first-order valence-corrected chi connectivity index (χ1v) is 8.11. The molecule has 1 saturated heterocycles. The number of hydrogen-bond acceptors (Lipinski definition) is 6. The predicted molar refractivity (Wildman–Crippen MR) is 87.2 cm³/mol. The standard InChI is InChI=1S/C17H15N3O7/c21-11-5-4-10(15(25)19-11)20-16(26)9-3-1-2-8(14(9)17(20)27)7-18-12(22)6-13(23)24/h1-3,10H,4-7H2,(H,18,22)(H,23,24)(H,19,21,25). The van der Waals surface area contributed by atoms with Gasteiger partial charge in [0.1, 0.15) is 12.5 Å². The molecule has 0 bridgehead atoms. The van der Waals surface area contributed by atoms with Gasteiger partial charge in [-0.2, -0.15) is 0 Å². The smallest absolute Gasteiger partial charge is 0.312 e. The number of imide groups is 2. The highest BCUT2D eigenvalue weighted by atomic mass is 16.4. The van der Waals surface area contributed by atoms with Crippen LogP contribution in [0.5, 0.6) is 0 Å². The lowest BCUT2D eigenvalue weighted by Gasteiger charge is -2.27. The summed E-state index contributed by atoms with van der Waals surface area (Å²) in [7, 11) is 0. The molecule has 0 aliphatic carbocycles. The van der Waals surface area contributed by atoms with E-state index >= 15 is 0 Å². The van der Waals surface area contributed by atoms with Crippen LogP contribution in [0.1, 0.15) is 45.5 Å². The topological polar surface area (TPSA) is 150 Å². The molecular weight excluding hydrogens is 358 g/mol. The number of hydrogen-bond donors (Lipinski definition) is 3. The van der Waals surface area contributed by atoms with Crippen molar-refractivity contribution in [3.8, 4) is 0 Å². The van der Waals surface area contributed by atoms with Gasteiger partial charge in [-0.3, -0.25) is 39.0 Å². The normalized spacial score (nSPS) is 19.0. The molecule has 5 amide bonds. The van der Waals surface area contributed by atoms with Crippen molar-refractivity contribution in [1.82, 2.24) is 15.5 Å². The lowest BCUT2D eigenvalue weighted by molar-refractivity contribution is -0.141. The number of benzene rings is 1. The first-order valence-electron chi connectivity index (χ1n) is 8.11. The van der Waals surface area contributed by atoms with E-state index in [0.717, 1.165) is 4.90 Å². The Labute approximate surface area is 152 Å². The number of carboxylic acid groups (broad SMARTS) is 1. The Morgan fingerprint density at radius 1 is 1.19 bits per heavy atom. The van der Waals surface area contributed by atoms with Gasteiger partial charge in [0.05, 0.1) is 11.1 Å². The predicted octanol–water partition coefficient (Wildman–Crippen LogP) is -0.821. The molecule has 2 aliphatic heterocycles. The Bertz CT molecular complexity index is 893. The van der Waals surface area contributed by atoms with Crippen molar-refractivity contribution in [3.63, 3.8) is 0 Å². The van der Waals surface area contributed by atoms with Crippen LogP contribution in [0.25, 0.3) is 0 Å². The molecule has 1 aromatic carbocycles. The van der Waals surface area contributed by atoms with Crippen LogP contribution in [0.3, 0.4) is 0 Å². The summed E-state index contributed by atoms with van der Waals surface area (Å²) >= 11 is 0. The number of amides is 5. The number of carboxylic acids is 1. The summed E-state index contributed by atoms with van der Waals surface area (Å²) < 4.78 is 0. The fourth-order valence-electron chi connectivity index (χ4n) is 3.13. The largest absolute Gasteiger partial charge is 0.481 e. The van der Waals surface area contributed by atoms with Crippen LogP contribution in [0.4, 0.5) is 0 Å². The second-order valence-corrected chi connectivity index (χ2v) is 6.13. The molecule has 140 valence electrons. The highest BCUT2D eigenvalue weighted by Crippen LogP contribution is 2.29. The lowest BCUT2D eigenvalue weighted by Crippen LogP contribution is -2.54. The number of nitrogens with zero attached hydrogens (tertiary/aromatic N) is 1. The molecule has 1 unspecified atom stereocenters. The molecule has 2 heterocycles. The van der Waals surface area contributed by atoms with Gasteiger partial charge in [0, 0.05) is 13.0 Å². The SMILES string of the molecule is O=C(O)CC(=O)NCc1cccc2c1C(=O)N(C1CCC(=O)NC1=O)C2=O. The van der Waals surface area contributed by atoms with Crippen LogP contribution in [0.15, 0.2) is 18.2 Å². The first-order chi connectivity index (χ1) is 12.8. The fraction of sp³-hybridized carbons (Fsp3) is 0.294. The van der Waals surface area contributed by atoms with Gasteiger partial charge in [0.2, 0.25) is 17.7 Å². The third-order valence-electron chi connectivity index (χ3n) is 4.34. The molecule has 0 saturated carbocycles. The van der Waals surface area contributed by atoms with Crippen molar-refractivity contribution < 1.29 is 33.9 Å². The number of carbonyl (C=O) groups is 6. The van der Waals surface area contributed by atoms with E-state index in [1.54, 1.807) is 0 Å². The highest BCUT2D eigenvalue weighted by Gasteiger charge is 2.45. The summed E-state index contributed by atoms with van der Waals surface area (Å²) in [6.07, 6.45) is -0.660. The average Bonchev–Trinajstić information content (AvgIpc) is 2.85. The van der Waals surface area contributed by atoms with Crippen molar-refractivity contribution in [3.05, 3.63) is 34.9 Å². The quantitative estimate of drug-likeness (QED) is 0.451. The van der Waals surface area contributed by atoms with Crippen LogP contribution in [0.2, 0.25) is 0 Å². The number of rotatable bonds is 5. The van der Waals surface area contributed by atoms with E-state index in [9.17, 15) is 28.8 Å². The van der Waals surface area contributed by atoms with Crippen LogP contribution < -0.4 is 10.6 Å². The minimum Gasteiger partial charge on any atom is -0.481 e. The van der Waals surface area contributed by atoms with E-state index in [2.05, 4.69) is 10.6 Å². The second-order valence-electron chi connectivity index (χ2n) is 6.13. The molecule has 3 N–H and O–H groups in total. The number of nitrogens with one attached hydrogen (secondary N) is 2. The molecule has 0 radical (unpaired) electrons. The third kappa shape index (κ3) is 3.41. The van der Waals surface area contributed by atoms with E-state index in [1.165, 1.54) is 18.2 Å². The van der Waals surface area contributed by atoms with E-state index < -0.39 is 48.0 Å². The van der Waals surface area contributed by atoms with Crippen LogP contribution in [-0.2, 0) is 25.7 Å². The van der Waals surface area contributed by atoms with Crippen molar-refractivity contribution in [2.24, 2.45) is 0 Å². The summed E-state index contributed by atoms with van der Waals surface area (Å²) in [5, 5.41) is 13.1. The van der Waals surface area contributed by atoms with Gasteiger partial charge >= 0.3 is 5.97 Å². The van der Waals surface area contributed by atoms with E-state index in [1.807, 2.05) is 0 Å². The molecule has 10 nitrogen and oxygen atoms in total. The summed E-state index contributed by atoms with van der Waals surface area (Å²) in [6, 6.07) is 3.41. The van der Waals surface area contributed by atoms with Crippen LogP contribution in [0, 0.1) is 0 Å². The Morgan fingerprint density at radius 3 is 2.59 bits per heavy atom. The van der Waals surface area contributed by atoms with Gasteiger partial charge in [-0.15, -0.1) is 0 Å². The maximum atomic E-state index is 12.8. The molecule has 27 heavy (non-hydrogen) atoms. The molecule has 0 spiro atoms. The van der Waals surface area contributed by atoms with Gasteiger partial charge in [-0.05, 0) is 18.1 Å². The van der Waals surface area contributed by atoms with Crippen molar-refractivity contribution in [1.29, 1.82) is 0 Å². The zero-order valence-electron chi connectivity index (χ0n) is 14.0. The molecular formula is C17H15N3O7. The Kier molecular flexibility index (Phi) is 4.72. The summed E-state index contributed by atoms with van der Waals surface area (Å²) in [5.74, 6) is -4.54. The summed E-state index contributed by atoms with van der Waals surface area (Å²) in [6.45, 7) is -0.141. The first kappa shape index (κ1) is 18.2. The summed E-state index contributed by atoms with van der Waals surface area (Å²) in [4.78, 5) is 71.7. The molecule has 1 fully saturated rings.